The first-order chi connectivity index (χ1) is 40.2. The van der Waals surface area contributed by atoms with Gasteiger partial charge in [-0.25, -0.2) is 0 Å². The molecule has 0 aromatic rings. The number of hydrogen-bond acceptors (Lipinski definition) is 26. The van der Waals surface area contributed by atoms with E-state index in [0.29, 0.717) is 304 Å². The van der Waals surface area contributed by atoms with Crippen LogP contribution in [-0.4, -0.2) is 341 Å². The van der Waals surface area contributed by atoms with E-state index in [0.717, 1.165) is 0 Å². The first kappa shape index (κ1) is 79.0. The highest BCUT2D eigenvalue weighted by atomic mass is 16.6. The fourth-order valence-electron chi connectivity index (χ4n) is 5.64. The zero-order valence-corrected chi connectivity index (χ0v) is 48.9. The zero-order chi connectivity index (χ0) is 58.2. The van der Waals surface area contributed by atoms with Crippen LogP contribution in [0, 0.1) is 0 Å². The summed E-state index contributed by atoms with van der Waals surface area (Å²) in [6.45, 7) is 22.5. The van der Waals surface area contributed by atoms with Crippen molar-refractivity contribution in [3.63, 3.8) is 0 Å². The Morgan fingerprint density at radius 2 is 0.358 bits per heavy atom. The summed E-state index contributed by atoms with van der Waals surface area (Å²) in [5.41, 5.74) is 0. The van der Waals surface area contributed by atoms with Gasteiger partial charge in [-0.3, -0.25) is 9.59 Å². The molecule has 0 spiro atoms. The zero-order valence-electron chi connectivity index (χ0n) is 48.9. The highest BCUT2D eigenvalue weighted by Crippen LogP contribution is 1.92. The molecule has 1 amide bonds. The van der Waals surface area contributed by atoms with Crippen LogP contribution in [0.2, 0.25) is 0 Å². The number of carbonyl (C=O) groups is 2. The van der Waals surface area contributed by atoms with Crippen molar-refractivity contribution in [3.8, 4) is 0 Å². The van der Waals surface area contributed by atoms with Crippen molar-refractivity contribution in [2.45, 2.75) is 12.8 Å². The van der Waals surface area contributed by atoms with Crippen LogP contribution in [0.5, 0.6) is 0 Å². The molecule has 0 radical (unpaired) electrons. The SMILES string of the molecule is COCCOCCOCCOCCOCCOCCOCCOCCOCCOCCOCCOCCOCCOCCOCCOCCOCCOCCOCCOCCOCCOCCOCCOCCC(=O)NCCC(=O)O. The third-order valence-corrected chi connectivity index (χ3v) is 9.75. The van der Waals surface area contributed by atoms with Crippen LogP contribution in [0.15, 0.2) is 0 Å². The number of carbonyl (C=O) groups excluding carboxylic acids is 1. The molecule has 0 heterocycles. The van der Waals surface area contributed by atoms with Crippen molar-refractivity contribution in [3.05, 3.63) is 0 Å². The van der Waals surface area contributed by atoms with E-state index in [9.17, 15) is 9.59 Å². The van der Waals surface area contributed by atoms with Gasteiger partial charge in [-0.1, -0.05) is 0 Å². The van der Waals surface area contributed by atoms with E-state index in [4.69, 9.17) is 119 Å². The van der Waals surface area contributed by atoms with Gasteiger partial charge in [0.2, 0.25) is 5.91 Å². The van der Waals surface area contributed by atoms with Gasteiger partial charge >= 0.3 is 5.97 Å². The van der Waals surface area contributed by atoms with E-state index in [2.05, 4.69) is 5.32 Å². The average Bonchev–Trinajstić information content (AvgIpc) is 3.46. The minimum Gasteiger partial charge on any atom is -0.481 e. The summed E-state index contributed by atoms with van der Waals surface area (Å²) in [6.07, 6.45) is 0.0666. The second-order valence-corrected chi connectivity index (χ2v) is 16.3. The third-order valence-electron chi connectivity index (χ3n) is 9.75. The Morgan fingerprint density at radius 3 is 0.494 bits per heavy atom. The van der Waals surface area contributed by atoms with Crippen molar-refractivity contribution < 1.29 is 128 Å². The quantitative estimate of drug-likeness (QED) is 0.0758. The largest absolute Gasteiger partial charge is 0.481 e. The number of methoxy groups -OCH3 is 1. The van der Waals surface area contributed by atoms with E-state index in [1.165, 1.54) is 0 Å². The summed E-state index contributed by atoms with van der Waals surface area (Å²) in [4.78, 5) is 21.9. The molecule has 0 atom stereocenters. The van der Waals surface area contributed by atoms with Crippen LogP contribution in [0.25, 0.3) is 0 Å². The fraction of sp³-hybridized carbons (Fsp3) is 0.962. The van der Waals surface area contributed by atoms with Crippen LogP contribution in [0.3, 0.4) is 0 Å². The topological polar surface area (TPSA) is 288 Å². The van der Waals surface area contributed by atoms with Crippen molar-refractivity contribution in [2.24, 2.45) is 0 Å². The van der Waals surface area contributed by atoms with Crippen LogP contribution in [0.1, 0.15) is 12.8 Å². The summed E-state index contributed by atoms with van der Waals surface area (Å²) >= 11 is 0. The summed E-state index contributed by atoms with van der Waals surface area (Å²) in [6, 6.07) is 0. The Kier molecular flexibility index (Phi) is 72.2. The van der Waals surface area contributed by atoms with E-state index in [-0.39, 0.29) is 31.9 Å². The second kappa shape index (κ2) is 74.1. The van der Waals surface area contributed by atoms with Crippen molar-refractivity contribution in [1.29, 1.82) is 0 Å². The lowest BCUT2D eigenvalue weighted by Crippen LogP contribution is -2.27. The van der Waals surface area contributed by atoms with Crippen molar-refractivity contribution in [1.82, 2.24) is 5.32 Å². The highest BCUT2D eigenvalue weighted by Gasteiger charge is 2.04. The molecule has 0 rings (SSSR count). The Morgan fingerprint density at radius 1 is 0.222 bits per heavy atom. The molecule has 0 aliphatic rings. The van der Waals surface area contributed by atoms with Gasteiger partial charge in [-0.05, 0) is 0 Å². The number of ether oxygens (including phenoxy) is 24. The maximum Gasteiger partial charge on any atom is 0.305 e. The Balaban J connectivity index is 3.10. The van der Waals surface area contributed by atoms with Gasteiger partial charge in [0.25, 0.3) is 0 Å². The van der Waals surface area contributed by atoms with Crippen LogP contribution >= 0.6 is 0 Å². The molecule has 28 nitrogen and oxygen atoms in total. The van der Waals surface area contributed by atoms with E-state index in [1.54, 1.807) is 7.11 Å². The molecule has 0 fully saturated rings. The smallest absolute Gasteiger partial charge is 0.305 e. The molecule has 81 heavy (non-hydrogen) atoms. The normalized spacial score (nSPS) is 11.6. The first-order valence-corrected chi connectivity index (χ1v) is 28.4. The van der Waals surface area contributed by atoms with Crippen LogP contribution in [0.4, 0.5) is 0 Å². The molecule has 0 bridgehead atoms. The van der Waals surface area contributed by atoms with E-state index < -0.39 is 5.97 Å². The Bertz CT molecular complexity index is 1190. The lowest BCUT2D eigenvalue weighted by Gasteiger charge is -2.09. The van der Waals surface area contributed by atoms with Gasteiger partial charge in [0.15, 0.2) is 0 Å². The molecule has 0 aromatic heterocycles. The summed E-state index contributed by atoms with van der Waals surface area (Å²) in [5, 5.41) is 11.1. The predicted octanol–water partition coefficient (Wildman–Crippen LogP) is -0.00440. The van der Waals surface area contributed by atoms with Gasteiger partial charge in [-0.15, -0.1) is 0 Å². The van der Waals surface area contributed by atoms with E-state index in [1.807, 2.05) is 0 Å². The maximum atomic E-state index is 11.5. The first-order valence-electron chi connectivity index (χ1n) is 28.4. The molecule has 484 valence electrons. The summed E-state index contributed by atoms with van der Waals surface area (Å²) in [5.74, 6) is -1.20. The standard InChI is InChI=1S/C53H105NO27/c1-58-6-7-60-10-11-62-14-15-64-18-19-66-22-23-68-26-27-70-30-31-72-34-35-74-38-39-76-42-43-78-46-47-80-50-51-81-49-48-79-45-44-77-41-40-75-37-36-73-33-32-71-29-28-69-25-24-67-21-20-65-17-16-63-13-12-61-9-8-59-5-3-52(55)54-4-2-53(56)57/h2-51H2,1H3,(H,54,55)(H,56,57). The summed E-state index contributed by atoms with van der Waals surface area (Å²) in [7, 11) is 1.64. The molecule has 0 aliphatic heterocycles. The Labute approximate surface area is 481 Å². The van der Waals surface area contributed by atoms with Gasteiger partial charge in [0.05, 0.1) is 317 Å². The molecule has 0 saturated carbocycles. The molecule has 2 N–H and O–H groups in total. The van der Waals surface area contributed by atoms with Gasteiger partial charge in [0, 0.05) is 20.1 Å². The van der Waals surface area contributed by atoms with Gasteiger partial charge < -0.3 is 124 Å². The number of rotatable bonds is 75. The number of aliphatic carboxylic acids is 1. The maximum absolute atomic E-state index is 11.5. The monoisotopic (exact) mass is 1190 g/mol. The lowest BCUT2D eigenvalue weighted by atomic mass is 10.4. The molecule has 28 heteroatoms. The van der Waals surface area contributed by atoms with Crippen molar-refractivity contribution in [2.75, 3.05) is 324 Å². The van der Waals surface area contributed by atoms with E-state index >= 15 is 0 Å². The third kappa shape index (κ3) is 76.0. The summed E-state index contributed by atoms with van der Waals surface area (Å²) < 4.78 is 131. The molecule has 0 aliphatic carbocycles. The van der Waals surface area contributed by atoms with Crippen LogP contribution in [-0.2, 0) is 123 Å². The second-order valence-electron chi connectivity index (χ2n) is 16.3. The molecular formula is C53H105NO27. The average molecular weight is 1190 g/mol. The fourth-order valence-corrected chi connectivity index (χ4v) is 5.64. The molecule has 0 unspecified atom stereocenters. The Hall–Kier alpha value is -2.02. The molecular weight excluding hydrogens is 1080 g/mol. The number of hydrogen-bond donors (Lipinski definition) is 2. The lowest BCUT2D eigenvalue weighted by molar-refractivity contribution is -0.136. The van der Waals surface area contributed by atoms with Crippen LogP contribution < -0.4 is 5.32 Å². The number of nitrogens with one attached hydrogen (secondary N) is 1. The highest BCUT2D eigenvalue weighted by molar-refractivity contribution is 5.76. The minimum absolute atomic E-state index is 0.104. The number of amides is 1. The minimum atomic E-state index is -0.954. The predicted molar refractivity (Wildman–Crippen MR) is 291 cm³/mol. The van der Waals surface area contributed by atoms with Crippen molar-refractivity contribution >= 4 is 11.9 Å². The molecule has 0 aromatic carbocycles. The number of carboxylic acids is 1. The van der Waals surface area contributed by atoms with Gasteiger partial charge in [0.1, 0.15) is 0 Å². The number of carboxylic acid groups (broad SMARTS) is 1. The van der Waals surface area contributed by atoms with Gasteiger partial charge in [-0.2, -0.15) is 0 Å². The molecule has 0 saturated heterocycles.